The molecule has 0 unspecified atom stereocenters. The summed E-state index contributed by atoms with van der Waals surface area (Å²) in [5.74, 6) is 0. The van der Waals surface area contributed by atoms with Crippen molar-refractivity contribution in [3.05, 3.63) is 301 Å². The number of hydrogen-bond acceptors (Lipinski definition) is 10. The fourth-order valence-electron chi connectivity index (χ4n) is 15.7. The Morgan fingerprint density at radius 2 is 0.404 bits per heavy atom. The first kappa shape index (κ1) is 59.2. The summed E-state index contributed by atoms with van der Waals surface area (Å²) < 4.78 is 60.2. The van der Waals surface area contributed by atoms with Crippen LogP contribution >= 0.6 is 0 Å². The van der Waals surface area contributed by atoms with Gasteiger partial charge in [0.15, 0.2) is 0 Å². The van der Waals surface area contributed by atoms with Crippen LogP contribution < -0.4 is 0 Å². The molecule has 0 amide bonds. The summed E-state index contributed by atoms with van der Waals surface area (Å²) in [6, 6.07) is 94.4. The van der Waals surface area contributed by atoms with Gasteiger partial charge in [-0.3, -0.25) is 0 Å². The number of fused-ring (bicyclic) bond motifs is 32. The Labute approximate surface area is 589 Å². The zero-order chi connectivity index (χ0) is 69.0. The first-order valence-electron chi connectivity index (χ1n) is 34.8. The van der Waals surface area contributed by atoms with Gasteiger partial charge < -0.3 is 44.2 Å². The Kier molecular flexibility index (Phi) is 13.0. The molecule has 0 radical (unpaired) electrons. The molecule has 0 fully saturated rings. The minimum atomic E-state index is 0.875. The van der Waals surface area contributed by atoms with E-state index in [9.17, 15) is 0 Å². The van der Waals surface area contributed by atoms with Gasteiger partial charge in [0.25, 0.3) is 0 Å². The van der Waals surface area contributed by atoms with Crippen molar-refractivity contribution in [3.8, 4) is 0 Å². The molecule has 0 atom stereocenters. The Hall–Kier alpha value is -13.7. The Morgan fingerprint density at radius 1 is 0.144 bits per heavy atom. The molecule has 0 aliphatic heterocycles. The van der Waals surface area contributed by atoms with Crippen molar-refractivity contribution in [2.75, 3.05) is 0 Å². The first-order chi connectivity index (χ1) is 51.2. The maximum atomic E-state index is 6.20. The van der Waals surface area contributed by atoms with Crippen LogP contribution in [-0.4, -0.2) is 0 Å². The van der Waals surface area contributed by atoms with E-state index >= 15 is 0 Å². The largest absolute Gasteiger partial charge is 0.456 e. The summed E-state index contributed by atoms with van der Waals surface area (Å²) in [7, 11) is 0. The molecule has 10 aromatic heterocycles. The maximum absolute atomic E-state index is 6.20. The van der Waals surface area contributed by atoms with E-state index in [4.69, 9.17) is 44.2 Å². The van der Waals surface area contributed by atoms with Gasteiger partial charge in [-0.1, -0.05) is 182 Å². The van der Waals surface area contributed by atoms with Crippen molar-refractivity contribution in [3.63, 3.8) is 0 Å². The van der Waals surface area contributed by atoms with Gasteiger partial charge in [-0.2, -0.15) is 0 Å². The summed E-state index contributed by atoms with van der Waals surface area (Å²) in [6.45, 7) is 8.29. The SMILES string of the molecule is Cc1c2oc3ccccc3c2cc2c1oc1ccccc12.Cc1cccc2c1oc1c2ccc2oc3ccccc3c21.Cc1cccc2c1oc1cc3c(cc12)oc1ccccc13.Cc1cccc2c1oc1ccc3c4ccccc4oc3c12.c1ccc2c(c1)oc1cc3c(cc12)oc1ccccc13. The van der Waals surface area contributed by atoms with Crippen molar-refractivity contribution in [2.24, 2.45) is 0 Å². The molecule has 0 aliphatic rings. The van der Waals surface area contributed by atoms with Crippen LogP contribution in [0.15, 0.2) is 323 Å². The Bertz CT molecular complexity index is 7630. The lowest BCUT2D eigenvalue weighted by atomic mass is 10.0. The van der Waals surface area contributed by atoms with Crippen molar-refractivity contribution in [1.82, 2.24) is 0 Å². The second kappa shape index (κ2) is 22.9. The minimum absolute atomic E-state index is 0.875. The average molecular weight is 1350 g/mol. The smallest absolute Gasteiger partial charge is 0.147 e. The Balaban J connectivity index is 0.0000000840. The zero-order valence-corrected chi connectivity index (χ0v) is 56.6. The van der Waals surface area contributed by atoms with E-state index in [1.807, 2.05) is 140 Å². The van der Waals surface area contributed by atoms with E-state index in [1.165, 1.54) is 0 Å². The van der Waals surface area contributed by atoms with Gasteiger partial charge in [0.2, 0.25) is 0 Å². The van der Waals surface area contributed by atoms with E-state index < -0.39 is 0 Å². The fourth-order valence-corrected chi connectivity index (χ4v) is 15.7. The highest BCUT2D eigenvalue weighted by atomic mass is 16.4. The Morgan fingerprint density at radius 3 is 0.875 bits per heavy atom. The van der Waals surface area contributed by atoms with Crippen LogP contribution in [-0.2, 0) is 0 Å². The number of furan rings is 10. The quantitative estimate of drug-likeness (QED) is 0.145. The van der Waals surface area contributed by atoms with E-state index in [-0.39, 0.29) is 0 Å². The lowest BCUT2D eigenvalue weighted by Gasteiger charge is -1.96. The summed E-state index contributed by atoms with van der Waals surface area (Å²) >= 11 is 0. The molecular formula is C94H58O10. The molecule has 0 spiro atoms. The highest BCUT2D eigenvalue weighted by Crippen LogP contribution is 2.45. The second-order valence-electron chi connectivity index (χ2n) is 26.9. The number of para-hydroxylation sites is 10. The maximum Gasteiger partial charge on any atom is 0.147 e. The van der Waals surface area contributed by atoms with Gasteiger partial charge >= 0.3 is 0 Å². The van der Waals surface area contributed by atoms with Gasteiger partial charge in [0, 0.05) is 103 Å². The summed E-state index contributed by atoms with van der Waals surface area (Å²) in [4.78, 5) is 0. The summed E-state index contributed by atoms with van der Waals surface area (Å²) in [5.41, 5.74) is 22.9. The van der Waals surface area contributed by atoms with Crippen molar-refractivity contribution in [2.45, 2.75) is 27.7 Å². The highest BCUT2D eigenvalue weighted by molar-refractivity contribution is 6.25. The molecule has 0 N–H and O–H groups in total. The predicted octanol–water partition coefficient (Wildman–Crippen LogP) is 28.7. The molecule has 25 rings (SSSR count). The first-order valence-corrected chi connectivity index (χ1v) is 34.8. The standard InChI is InChI=1S/4C19H12O2.C18H10O2/c1-11-18-14(12-6-2-4-8-16(12)20-18)10-15-13-7-3-5-9-17(13)21-19(11)15;1-11-5-4-7-13-15-10-17-14(9-18(15)21-19(11)13)12-6-2-3-8-16(12)20-17;1-11-5-4-7-12-13-9-10-16-17(19(13)21-18(11)12)14-6-2-3-8-15(14)20-16;1-11-5-4-7-14-17-16(21-18(11)14)10-9-13-12-6-2-3-8-15(12)20-19(13)17;1-3-7-15-11(5-1)13-9-18-14(10-17(13)19-15)12-6-2-4-8-16(12)20-18/h4*2-10H,1H3;1-10H. The van der Waals surface area contributed by atoms with Gasteiger partial charge in [-0.05, 0) is 141 Å². The van der Waals surface area contributed by atoms with Crippen LogP contribution in [0.2, 0.25) is 0 Å². The van der Waals surface area contributed by atoms with Gasteiger partial charge in [0.05, 0.1) is 10.8 Å². The molecule has 0 saturated heterocycles. The summed E-state index contributed by atoms with van der Waals surface area (Å²) in [5, 5.41) is 22.5. The lowest BCUT2D eigenvalue weighted by Crippen LogP contribution is -1.75. The second-order valence-corrected chi connectivity index (χ2v) is 26.9. The van der Waals surface area contributed by atoms with Crippen molar-refractivity contribution in [1.29, 1.82) is 0 Å². The third-order valence-corrected chi connectivity index (χ3v) is 20.7. The van der Waals surface area contributed by atoms with Gasteiger partial charge in [0.1, 0.15) is 112 Å². The molecular weight excluding hydrogens is 1290 g/mol. The molecule has 15 aromatic carbocycles. The monoisotopic (exact) mass is 1350 g/mol. The minimum Gasteiger partial charge on any atom is -0.456 e. The molecule has 10 heteroatoms. The average Bonchev–Trinajstić information content (AvgIpc) is 1.60. The number of benzene rings is 15. The van der Waals surface area contributed by atoms with E-state index in [0.717, 1.165) is 242 Å². The van der Waals surface area contributed by atoms with Crippen LogP contribution in [0, 0.1) is 27.7 Å². The topological polar surface area (TPSA) is 131 Å². The normalized spacial score (nSPS) is 12.0. The molecule has 0 bridgehead atoms. The summed E-state index contributed by atoms with van der Waals surface area (Å²) in [6.07, 6.45) is 0. The van der Waals surface area contributed by atoms with Crippen LogP contribution in [0.3, 0.4) is 0 Å². The van der Waals surface area contributed by atoms with Gasteiger partial charge in [-0.15, -0.1) is 0 Å². The van der Waals surface area contributed by atoms with E-state index in [1.54, 1.807) is 0 Å². The number of hydrogen-bond donors (Lipinski definition) is 0. The molecule has 10 nitrogen and oxygen atoms in total. The fraction of sp³-hybridized carbons (Fsp3) is 0.0426. The van der Waals surface area contributed by atoms with Crippen LogP contribution in [0.5, 0.6) is 0 Å². The third kappa shape index (κ3) is 9.14. The van der Waals surface area contributed by atoms with Crippen molar-refractivity contribution < 1.29 is 44.2 Å². The van der Waals surface area contributed by atoms with Crippen LogP contribution in [0.1, 0.15) is 22.3 Å². The highest BCUT2D eigenvalue weighted by Gasteiger charge is 2.22. The lowest BCUT2D eigenvalue weighted by molar-refractivity contribution is 0.650. The van der Waals surface area contributed by atoms with Crippen LogP contribution in [0.4, 0.5) is 0 Å². The molecule has 494 valence electrons. The molecule has 0 aliphatic carbocycles. The van der Waals surface area contributed by atoms with E-state index in [0.29, 0.717) is 0 Å². The number of rotatable bonds is 0. The predicted molar refractivity (Wildman–Crippen MR) is 424 cm³/mol. The number of aryl methyl sites for hydroxylation is 4. The molecule has 25 aromatic rings. The molecule has 10 heterocycles. The zero-order valence-electron chi connectivity index (χ0n) is 56.6. The molecule has 104 heavy (non-hydrogen) atoms. The van der Waals surface area contributed by atoms with Crippen molar-refractivity contribution >= 4 is 219 Å². The molecule has 0 saturated carbocycles. The third-order valence-electron chi connectivity index (χ3n) is 20.7. The van der Waals surface area contributed by atoms with Crippen LogP contribution in [0.25, 0.3) is 219 Å². The van der Waals surface area contributed by atoms with E-state index in [2.05, 4.69) is 167 Å². The van der Waals surface area contributed by atoms with Gasteiger partial charge in [-0.25, -0.2) is 0 Å².